The van der Waals surface area contributed by atoms with E-state index in [-0.39, 0.29) is 0 Å². The van der Waals surface area contributed by atoms with Gasteiger partial charge in [-0.3, -0.25) is 4.68 Å². The molecule has 2 rings (SSSR count). The molecule has 15 heavy (non-hydrogen) atoms. The largest absolute Gasteiger partial charge is 0.394 e. The quantitative estimate of drug-likeness (QED) is 0.732. The van der Waals surface area contributed by atoms with Crippen molar-refractivity contribution in [1.29, 1.82) is 0 Å². The molecule has 1 aliphatic rings. The molecule has 1 aromatic rings. The maximum atomic E-state index is 5.85. The lowest BCUT2D eigenvalue weighted by Crippen LogP contribution is -2.19. The monoisotopic (exact) mass is 208 g/mol. The average Bonchev–Trinajstić information content (AvgIpc) is 2.44. The van der Waals surface area contributed by atoms with Crippen molar-refractivity contribution >= 4 is 11.5 Å². The fraction of sp³-hybridized carbons (Fsp3) is 0.727. The van der Waals surface area contributed by atoms with Crippen LogP contribution in [0.2, 0.25) is 0 Å². The van der Waals surface area contributed by atoms with E-state index in [2.05, 4.69) is 10.4 Å². The molecule has 0 amide bonds. The highest BCUT2D eigenvalue weighted by Crippen LogP contribution is 2.22. The predicted octanol–water partition coefficient (Wildman–Crippen LogP) is 2.14. The van der Waals surface area contributed by atoms with E-state index < -0.39 is 0 Å². The van der Waals surface area contributed by atoms with Crippen LogP contribution in [0, 0.1) is 0 Å². The van der Waals surface area contributed by atoms with Crippen molar-refractivity contribution in [2.24, 2.45) is 7.05 Å². The molecule has 4 nitrogen and oxygen atoms in total. The van der Waals surface area contributed by atoms with Crippen molar-refractivity contribution in [3.05, 3.63) is 6.20 Å². The fourth-order valence-corrected chi connectivity index (χ4v) is 2.24. The topological polar surface area (TPSA) is 55.9 Å². The molecular formula is C11H20N4. The van der Waals surface area contributed by atoms with Crippen molar-refractivity contribution in [3.63, 3.8) is 0 Å². The van der Waals surface area contributed by atoms with E-state index in [0.717, 1.165) is 11.5 Å². The van der Waals surface area contributed by atoms with Crippen LogP contribution in [0.3, 0.4) is 0 Å². The zero-order valence-corrected chi connectivity index (χ0v) is 9.37. The van der Waals surface area contributed by atoms with Crippen LogP contribution in [0.5, 0.6) is 0 Å². The summed E-state index contributed by atoms with van der Waals surface area (Å²) in [6.45, 7) is 0. The number of aromatic nitrogens is 2. The molecule has 84 valence electrons. The maximum Gasteiger partial charge on any atom is 0.171 e. The van der Waals surface area contributed by atoms with Gasteiger partial charge in [-0.15, -0.1) is 0 Å². The zero-order valence-electron chi connectivity index (χ0n) is 9.37. The van der Waals surface area contributed by atoms with Crippen LogP contribution in [-0.2, 0) is 7.05 Å². The van der Waals surface area contributed by atoms with Crippen LogP contribution in [0.25, 0.3) is 0 Å². The van der Waals surface area contributed by atoms with E-state index in [1.165, 1.54) is 38.5 Å². The van der Waals surface area contributed by atoms with Gasteiger partial charge in [0.25, 0.3) is 0 Å². The van der Waals surface area contributed by atoms with Crippen molar-refractivity contribution in [1.82, 2.24) is 9.78 Å². The van der Waals surface area contributed by atoms with E-state index in [0.29, 0.717) is 6.04 Å². The Kier molecular flexibility index (Phi) is 3.14. The van der Waals surface area contributed by atoms with Gasteiger partial charge >= 0.3 is 0 Å². The van der Waals surface area contributed by atoms with Crippen LogP contribution >= 0.6 is 0 Å². The van der Waals surface area contributed by atoms with Crippen molar-refractivity contribution in [2.45, 2.75) is 44.6 Å². The van der Waals surface area contributed by atoms with Crippen molar-refractivity contribution < 1.29 is 0 Å². The highest BCUT2D eigenvalue weighted by molar-refractivity contribution is 5.60. The lowest BCUT2D eigenvalue weighted by Gasteiger charge is -2.15. The second kappa shape index (κ2) is 4.55. The van der Waals surface area contributed by atoms with Gasteiger partial charge in [0.1, 0.15) is 0 Å². The number of anilines is 2. The summed E-state index contributed by atoms with van der Waals surface area (Å²) in [5.74, 6) is 0.851. The number of nitrogen functional groups attached to an aromatic ring is 1. The third-order valence-corrected chi connectivity index (χ3v) is 3.05. The first-order valence-electron chi connectivity index (χ1n) is 5.81. The number of rotatable bonds is 2. The van der Waals surface area contributed by atoms with E-state index in [1.54, 1.807) is 4.68 Å². The van der Waals surface area contributed by atoms with Gasteiger partial charge in [0.15, 0.2) is 5.82 Å². The molecule has 1 fully saturated rings. The fourth-order valence-electron chi connectivity index (χ4n) is 2.24. The normalized spacial score (nSPS) is 18.7. The van der Waals surface area contributed by atoms with Crippen LogP contribution in [0.1, 0.15) is 38.5 Å². The summed E-state index contributed by atoms with van der Waals surface area (Å²) < 4.78 is 1.76. The Morgan fingerprint density at radius 2 is 2.00 bits per heavy atom. The first-order valence-corrected chi connectivity index (χ1v) is 5.81. The van der Waals surface area contributed by atoms with E-state index in [9.17, 15) is 0 Å². The summed E-state index contributed by atoms with van der Waals surface area (Å²) in [5.41, 5.74) is 6.60. The van der Waals surface area contributed by atoms with Gasteiger partial charge in [-0.1, -0.05) is 25.7 Å². The maximum absolute atomic E-state index is 5.85. The molecular weight excluding hydrogens is 188 g/mol. The van der Waals surface area contributed by atoms with E-state index in [4.69, 9.17) is 5.73 Å². The van der Waals surface area contributed by atoms with E-state index >= 15 is 0 Å². The summed E-state index contributed by atoms with van der Waals surface area (Å²) >= 11 is 0. The highest BCUT2D eigenvalue weighted by Gasteiger charge is 2.14. The number of hydrogen-bond donors (Lipinski definition) is 2. The number of aryl methyl sites for hydroxylation is 1. The molecule has 0 aromatic carbocycles. The number of hydrogen-bond acceptors (Lipinski definition) is 3. The molecule has 0 spiro atoms. The minimum atomic E-state index is 0.560. The van der Waals surface area contributed by atoms with Gasteiger partial charge in [0, 0.05) is 19.3 Å². The summed E-state index contributed by atoms with van der Waals surface area (Å²) in [5, 5.41) is 7.77. The lowest BCUT2D eigenvalue weighted by molar-refractivity contribution is 0.615. The molecule has 0 saturated heterocycles. The summed E-state index contributed by atoms with van der Waals surface area (Å²) in [4.78, 5) is 0. The SMILES string of the molecule is Cn1cc(N)c(NC2CCCCCC2)n1. The van der Waals surface area contributed by atoms with Gasteiger partial charge in [-0.25, -0.2) is 0 Å². The standard InChI is InChI=1S/C11H20N4/c1-15-8-10(12)11(14-15)13-9-6-4-2-3-5-7-9/h8-9H,2-7,12H2,1H3,(H,13,14). The Balaban J connectivity index is 1.97. The van der Waals surface area contributed by atoms with Crippen molar-refractivity contribution in [3.8, 4) is 0 Å². The van der Waals surface area contributed by atoms with Crippen LogP contribution in [0.15, 0.2) is 6.20 Å². The Bertz CT molecular complexity index is 310. The highest BCUT2D eigenvalue weighted by atomic mass is 15.3. The first kappa shape index (κ1) is 10.3. The van der Waals surface area contributed by atoms with E-state index in [1.807, 2.05) is 13.2 Å². The summed E-state index contributed by atoms with van der Waals surface area (Å²) in [6.07, 6.45) is 9.73. The predicted molar refractivity (Wildman–Crippen MR) is 62.7 cm³/mol. The summed E-state index contributed by atoms with van der Waals surface area (Å²) in [7, 11) is 1.90. The Labute approximate surface area is 90.8 Å². The Hall–Kier alpha value is -1.19. The number of nitrogens with two attached hydrogens (primary N) is 1. The molecule has 0 bridgehead atoms. The molecule has 1 aliphatic carbocycles. The molecule has 3 N–H and O–H groups in total. The van der Waals surface area contributed by atoms with Gasteiger partial charge in [-0.05, 0) is 12.8 Å². The second-order valence-corrected chi connectivity index (χ2v) is 4.44. The molecule has 1 saturated carbocycles. The van der Waals surface area contributed by atoms with Gasteiger partial charge in [0.05, 0.1) is 5.69 Å². The third-order valence-electron chi connectivity index (χ3n) is 3.05. The lowest BCUT2D eigenvalue weighted by atomic mass is 10.1. The van der Waals surface area contributed by atoms with Gasteiger partial charge < -0.3 is 11.1 Å². The number of nitrogens with one attached hydrogen (secondary N) is 1. The molecule has 1 aromatic heterocycles. The molecule has 4 heteroatoms. The average molecular weight is 208 g/mol. The van der Waals surface area contributed by atoms with Gasteiger partial charge in [0.2, 0.25) is 0 Å². The summed E-state index contributed by atoms with van der Waals surface area (Å²) in [6, 6.07) is 0.560. The number of nitrogens with zero attached hydrogens (tertiary/aromatic N) is 2. The zero-order chi connectivity index (χ0) is 10.7. The first-order chi connectivity index (χ1) is 7.25. The molecule has 1 heterocycles. The van der Waals surface area contributed by atoms with Crippen LogP contribution < -0.4 is 11.1 Å². The van der Waals surface area contributed by atoms with Gasteiger partial charge in [-0.2, -0.15) is 5.10 Å². The third kappa shape index (κ3) is 2.64. The molecule has 0 aliphatic heterocycles. The Morgan fingerprint density at radius 3 is 2.53 bits per heavy atom. The smallest absolute Gasteiger partial charge is 0.171 e. The molecule has 0 atom stereocenters. The molecule has 0 unspecified atom stereocenters. The van der Waals surface area contributed by atoms with Crippen LogP contribution in [-0.4, -0.2) is 15.8 Å². The Morgan fingerprint density at radius 1 is 1.33 bits per heavy atom. The van der Waals surface area contributed by atoms with Crippen LogP contribution in [0.4, 0.5) is 11.5 Å². The minimum Gasteiger partial charge on any atom is -0.394 e. The minimum absolute atomic E-state index is 0.560. The van der Waals surface area contributed by atoms with Crippen molar-refractivity contribution in [2.75, 3.05) is 11.1 Å². The second-order valence-electron chi connectivity index (χ2n) is 4.44. The molecule has 0 radical (unpaired) electrons.